The van der Waals surface area contributed by atoms with Crippen molar-refractivity contribution in [3.63, 3.8) is 0 Å². The van der Waals surface area contributed by atoms with Gasteiger partial charge in [-0.05, 0) is 25.7 Å². The van der Waals surface area contributed by atoms with Crippen LogP contribution in [0.25, 0.3) is 0 Å². The van der Waals surface area contributed by atoms with Crippen LogP contribution in [0.1, 0.15) is 50.3 Å². The molecule has 0 atom stereocenters. The van der Waals surface area contributed by atoms with Gasteiger partial charge in [-0.15, -0.1) is 0 Å². The van der Waals surface area contributed by atoms with Crippen LogP contribution >= 0.6 is 11.6 Å². The summed E-state index contributed by atoms with van der Waals surface area (Å²) in [7, 11) is 0. The van der Waals surface area contributed by atoms with E-state index in [1.165, 1.54) is 0 Å². The SMILES string of the molecule is OC1(CNc2cc(Cl)nc(C3CC3)n2)CCCC1. The molecule has 2 saturated carbocycles. The molecule has 2 N–H and O–H groups in total. The minimum absolute atomic E-state index is 0.479. The lowest BCUT2D eigenvalue weighted by Crippen LogP contribution is -2.33. The first kappa shape index (κ1) is 12.2. The molecular formula is C13H18ClN3O. The molecule has 2 fully saturated rings. The highest BCUT2D eigenvalue weighted by Gasteiger charge is 2.31. The van der Waals surface area contributed by atoms with Gasteiger partial charge in [-0.2, -0.15) is 0 Å². The van der Waals surface area contributed by atoms with Crippen LogP contribution in [0.5, 0.6) is 0 Å². The van der Waals surface area contributed by atoms with Crippen molar-refractivity contribution in [3.05, 3.63) is 17.0 Å². The monoisotopic (exact) mass is 267 g/mol. The van der Waals surface area contributed by atoms with Crippen molar-refractivity contribution in [1.29, 1.82) is 0 Å². The van der Waals surface area contributed by atoms with Crippen LogP contribution in [0, 0.1) is 0 Å². The number of hydrogen-bond donors (Lipinski definition) is 2. The van der Waals surface area contributed by atoms with E-state index in [9.17, 15) is 5.11 Å². The van der Waals surface area contributed by atoms with Crippen molar-refractivity contribution >= 4 is 17.4 Å². The Morgan fingerprint density at radius 1 is 1.33 bits per heavy atom. The van der Waals surface area contributed by atoms with Crippen LogP contribution in [-0.4, -0.2) is 27.2 Å². The molecule has 2 aliphatic carbocycles. The largest absolute Gasteiger partial charge is 0.388 e. The number of aromatic nitrogens is 2. The number of halogens is 1. The highest BCUT2D eigenvalue weighted by molar-refractivity contribution is 6.29. The Morgan fingerprint density at radius 2 is 2.06 bits per heavy atom. The predicted molar refractivity (Wildman–Crippen MR) is 70.9 cm³/mol. The van der Waals surface area contributed by atoms with E-state index >= 15 is 0 Å². The summed E-state index contributed by atoms with van der Waals surface area (Å²) in [5.41, 5.74) is -0.572. The van der Waals surface area contributed by atoms with Crippen LogP contribution in [0.3, 0.4) is 0 Å². The van der Waals surface area contributed by atoms with Crippen molar-refractivity contribution in [2.24, 2.45) is 0 Å². The van der Waals surface area contributed by atoms with Gasteiger partial charge in [0.2, 0.25) is 0 Å². The van der Waals surface area contributed by atoms with E-state index in [0.29, 0.717) is 17.6 Å². The molecule has 1 aromatic rings. The molecule has 0 bridgehead atoms. The lowest BCUT2D eigenvalue weighted by molar-refractivity contribution is 0.0614. The Balaban J connectivity index is 1.68. The van der Waals surface area contributed by atoms with E-state index in [1.54, 1.807) is 6.07 Å². The van der Waals surface area contributed by atoms with Crippen molar-refractivity contribution in [2.75, 3.05) is 11.9 Å². The quantitative estimate of drug-likeness (QED) is 0.824. The summed E-state index contributed by atoms with van der Waals surface area (Å²) in [5, 5.41) is 14.0. The summed E-state index contributed by atoms with van der Waals surface area (Å²) in [6, 6.07) is 1.73. The van der Waals surface area contributed by atoms with Crippen molar-refractivity contribution in [3.8, 4) is 0 Å². The van der Waals surface area contributed by atoms with Gasteiger partial charge in [-0.1, -0.05) is 24.4 Å². The summed E-state index contributed by atoms with van der Waals surface area (Å²) < 4.78 is 0. The van der Waals surface area contributed by atoms with Crippen LogP contribution < -0.4 is 5.32 Å². The fourth-order valence-electron chi connectivity index (χ4n) is 2.51. The molecule has 0 amide bonds. The number of anilines is 1. The average molecular weight is 268 g/mol. The number of nitrogens with zero attached hydrogens (tertiary/aromatic N) is 2. The second kappa shape index (κ2) is 4.67. The summed E-state index contributed by atoms with van der Waals surface area (Å²) in [6.45, 7) is 0.546. The zero-order chi connectivity index (χ0) is 12.6. The van der Waals surface area contributed by atoms with Gasteiger partial charge in [0.15, 0.2) is 0 Å². The number of hydrogen-bond acceptors (Lipinski definition) is 4. The fraction of sp³-hybridized carbons (Fsp3) is 0.692. The molecule has 0 aliphatic heterocycles. The third-order valence-electron chi connectivity index (χ3n) is 3.79. The van der Waals surface area contributed by atoms with Gasteiger partial charge in [0.1, 0.15) is 16.8 Å². The molecule has 4 nitrogen and oxygen atoms in total. The van der Waals surface area contributed by atoms with E-state index in [2.05, 4.69) is 15.3 Å². The summed E-state index contributed by atoms with van der Waals surface area (Å²) in [4.78, 5) is 8.71. The molecular weight excluding hydrogens is 250 g/mol. The van der Waals surface area contributed by atoms with E-state index in [1.807, 2.05) is 0 Å². The molecule has 1 heterocycles. The molecule has 5 heteroatoms. The molecule has 18 heavy (non-hydrogen) atoms. The highest BCUT2D eigenvalue weighted by Crippen LogP contribution is 2.39. The van der Waals surface area contributed by atoms with Crippen LogP contribution in [0.2, 0.25) is 5.15 Å². The molecule has 2 aliphatic rings. The first-order valence-electron chi connectivity index (χ1n) is 6.65. The predicted octanol–water partition coefficient (Wildman–Crippen LogP) is 2.72. The smallest absolute Gasteiger partial charge is 0.135 e. The second-order valence-electron chi connectivity index (χ2n) is 5.49. The third kappa shape index (κ3) is 2.75. The molecule has 0 unspecified atom stereocenters. The first-order chi connectivity index (χ1) is 8.65. The lowest BCUT2D eigenvalue weighted by atomic mass is 10.0. The minimum atomic E-state index is -0.572. The molecule has 0 radical (unpaired) electrons. The zero-order valence-electron chi connectivity index (χ0n) is 10.3. The Hall–Kier alpha value is -0.870. The van der Waals surface area contributed by atoms with Gasteiger partial charge in [0, 0.05) is 18.5 Å². The van der Waals surface area contributed by atoms with Gasteiger partial charge >= 0.3 is 0 Å². The minimum Gasteiger partial charge on any atom is -0.388 e. The van der Waals surface area contributed by atoms with Crippen molar-refractivity contribution in [1.82, 2.24) is 9.97 Å². The molecule has 0 saturated heterocycles. The third-order valence-corrected chi connectivity index (χ3v) is 3.98. The average Bonchev–Trinajstić information content (AvgIpc) is 3.10. The van der Waals surface area contributed by atoms with Gasteiger partial charge in [-0.25, -0.2) is 9.97 Å². The maximum atomic E-state index is 10.3. The van der Waals surface area contributed by atoms with Crippen LogP contribution in [0.15, 0.2) is 6.07 Å². The van der Waals surface area contributed by atoms with Crippen molar-refractivity contribution in [2.45, 2.75) is 50.0 Å². The van der Waals surface area contributed by atoms with E-state index in [0.717, 1.165) is 50.2 Å². The molecule has 0 aromatic carbocycles. The molecule has 98 valence electrons. The number of nitrogens with one attached hydrogen (secondary N) is 1. The maximum Gasteiger partial charge on any atom is 0.135 e. The number of aliphatic hydroxyl groups is 1. The standard InChI is InChI=1S/C13H18ClN3O/c14-10-7-11(17-12(16-10)9-3-4-9)15-8-13(18)5-1-2-6-13/h7,9,18H,1-6,8H2,(H,15,16,17). The summed E-state index contributed by atoms with van der Waals surface area (Å²) in [6.07, 6.45) is 6.27. The highest BCUT2D eigenvalue weighted by atomic mass is 35.5. The Bertz CT molecular complexity index is 442. The topological polar surface area (TPSA) is 58.0 Å². The molecule has 3 rings (SSSR count). The maximum absolute atomic E-state index is 10.3. The van der Waals surface area contributed by atoms with Gasteiger partial charge in [-0.3, -0.25) is 0 Å². The van der Waals surface area contributed by atoms with Crippen LogP contribution in [0.4, 0.5) is 5.82 Å². The summed E-state index contributed by atoms with van der Waals surface area (Å²) >= 11 is 6.00. The summed E-state index contributed by atoms with van der Waals surface area (Å²) in [5.74, 6) is 2.06. The Morgan fingerprint density at radius 3 is 2.72 bits per heavy atom. The lowest BCUT2D eigenvalue weighted by Gasteiger charge is -2.22. The van der Waals surface area contributed by atoms with E-state index in [-0.39, 0.29) is 0 Å². The first-order valence-corrected chi connectivity index (χ1v) is 7.03. The van der Waals surface area contributed by atoms with Crippen molar-refractivity contribution < 1.29 is 5.11 Å². The van der Waals surface area contributed by atoms with Crippen LogP contribution in [-0.2, 0) is 0 Å². The number of rotatable bonds is 4. The second-order valence-corrected chi connectivity index (χ2v) is 5.88. The normalized spacial score (nSPS) is 22.1. The zero-order valence-corrected chi connectivity index (χ0v) is 11.1. The molecule has 0 spiro atoms. The van der Waals surface area contributed by atoms with Gasteiger partial charge in [0.25, 0.3) is 0 Å². The molecule has 1 aromatic heterocycles. The Labute approximate surface area is 112 Å². The van der Waals surface area contributed by atoms with E-state index < -0.39 is 5.60 Å². The van der Waals surface area contributed by atoms with Gasteiger partial charge < -0.3 is 10.4 Å². The van der Waals surface area contributed by atoms with Gasteiger partial charge in [0.05, 0.1) is 5.60 Å². The fourth-order valence-corrected chi connectivity index (χ4v) is 2.70. The van der Waals surface area contributed by atoms with E-state index in [4.69, 9.17) is 11.6 Å². The Kier molecular flexibility index (Phi) is 3.16.